The molecule has 1 saturated heterocycles. The molecule has 1 fully saturated rings. The van der Waals surface area contributed by atoms with Crippen LogP contribution in [0, 0.1) is 5.92 Å². The van der Waals surface area contributed by atoms with Crippen molar-refractivity contribution < 1.29 is 29.3 Å². The van der Waals surface area contributed by atoms with Gasteiger partial charge in [-0.15, -0.1) is 0 Å². The van der Waals surface area contributed by atoms with Gasteiger partial charge in [0.1, 0.15) is 0 Å². The van der Waals surface area contributed by atoms with Crippen molar-refractivity contribution in [1.29, 1.82) is 0 Å². The number of carbonyl (C=O) groups is 3. The summed E-state index contributed by atoms with van der Waals surface area (Å²) in [6.45, 7) is 7.95. The molecule has 0 bridgehead atoms. The van der Waals surface area contributed by atoms with Crippen molar-refractivity contribution in [1.82, 2.24) is 14.7 Å². The summed E-state index contributed by atoms with van der Waals surface area (Å²) in [6, 6.07) is 0. The molecular weight excluding hydrogens is 330 g/mol. The maximum atomic E-state index is 12.1. The zero-order valence-corrected chi connectivity index (χ0v) is 15.8. The number of hydrogen-bond donors (Lipinski definition) is 2. The third-order valence-electron chi connectivity index (χ3n) is 3.86. The molecule has 2 N–H and O–H groups in total. The molecule has 1 aliphatic heterocycles. The number of likely N-dealkylation sites (tertiary alicyclic amines) is 1. The van der Waals surface area contributed by atoms with Crippen LogP contribution in [-0.2, 0) is 19.1 Å². The fraction of sp³-hybridized carbons (Fsp3) is 0.812. The van der Waals surface area contributed by atoms with Gasteiger partial charge in [-0.25, -0.2) is 0 Å². The summed E-state index contributed by atoms with van der Waals surface area (Å²) in [5, 5.41) is 13.8. The maximum absolute atomic E-state index is 12.1. The second-order valence-electron chi connectivity index (χ2n) is 5.76. The normalized spacial score (nSPS) is 16.3. The van der Waals surface area contributed by atoms with E-state index in [2.05, 4.69) is 11.8 Å². The molecule has 0 aromatic carbocycles. The molecule has 0 aromatic heterocycles. The number of methoxy groups -OCH3 is 1. The smallest absolute Gasteiger partial charge is 0.290 e. The van der Waals surface area contributed by atoms with Crippen LogP contribution in [0.2, 0.25) is 0 Å². The minimum Gasteiger partial charge on any atom is -0.483 e. The Morgan fingerprint density at radius 2 is 1.84 bits per heavy atom. The molecular formula is C16H33N3O6. The molecule has 1 unspecified atom stereocenters. The van der Waals surface area contributed by atoms with E-state index in [1.165, 1.54) is 13.0 Å². The molecule has 1 atom stereocenters. The molecule has 9 heteroatoms. The van der Waals surface area contributed by atoms with Crippen molar-refractivity contribution in [3.63, 3.8) is 0 Å². The fourth-order valence-electron chi connectivity index (χ4n) is 2.52. The topological polar surface area (TPSA) is 111 Å². The molecule has 0 radical (unpaired) electrons. The largest absolute Gasteiger partial charge is 0.483 e. The van der Waals surface area contributed by atoms with Crippen molar-refractivity contribution in [3.8, 4) is 0 Å². The molecule has 9 nitrogen and oxygen atoms in total. The summed E-state index contributed by atoms with van der Waals surface area (Å²) in [7, 11) is 5.56. The van der Waals surface area contributed by atoms with Crippen LogP contribution in [0.4, 0.5) is 0 Å². The van der Waals surface area contributed by atoms with Gasteiger partial charge in [-0.1, -0.05) is 6.92 Å². The summed E-state index contributed by atoms with van der Waals surface area (Å²) >= 11 is 0. The van der Waals surface area contributed by atoms with Crippen molar-refractivity contribution in [3.05, 3.63) is 0 Å². The van der Waals surface area contributed by atoms with E-state index in [4.69, 9.17) is 24.5 Å². The monoisotopic (exact) mass is 363 g/mol. The van der Waals surface area contributed by atoms with Crippen molar-refractivity contribution in [2.24, 2.45) is 5.92 Å². The molecule has 0 saturated carbocycles. The highest BCUT2D eigenvalue weighted by Gasteiger charge is 2.24. The lowest BCUT2D eigenvalue weighted by Crippen LogP contribution is -2.40. The zero-order chi connectivity index (χ0) is 19.7. The number of nitrogens with zero attached hydrogens (tertiary/aromatic N) is 3. The average Bonchev–Trinajstić information content (AvgIpc) is 3.02. The summed E-state index contributed by atoms with van der Waals surface area (Å²) in [6.07, 6.45) is 1.21. The van der Waals surface area contributed by atoms with Gasteiger partial charge in [0.05, 0.1) is 13.2 Å². The predicted octanol–water partition coefficient (Wildman–Crippen LogP) is -0.234. The highest BCUT2D eigenvalue weighted by molar-refractivity contribution is 5.77. The van der Waals surface area contributed by atoms with Crippen molar-refractivity contribution >= 4 is 18.9 Å². The number of carboxylic acid groups (broad SMARTS) is 2. The second kappa shape index (κ2) is 17.1. The van der Waals surface area contributed by atoms with Gasteiger partial charge in [0.2, 0.25) is 5.91 Å². The number of amides is 1. The Hall–Kier alpha value is -1.71. The average molecular weight is 363 g/mol. The second-order valence-corrected chi connectivity index (χ2v) is 5.76. The van der Waals surface area contributed by atoms with Crippen LogP contribution in [0.3, 0.4) is 0 Å². The Morgan fingerprint density at radius 1 is 1.28 bits per heavy atom. The summed E-state index contributed by atoms with van der Waals surface area (Å²) < 4.78 is 5.01. The predicted molar refractivity (Wildman–Crippen MR) is 94.6 cm³/mol. The van der Waals surface area contributed by atoms with E-state index in [0.717, 1.165) is 26.2 Å². The first-order chi connectivity index (χ1) is 11.9. The van der Waals surface area contributed by atoms with Gasteiger partial charge in [-0.05, 0) is 32.5 Å². The Kier molecular flexibility index (Phi) is 17.5. The van der Waals surface area contributed by atoms with Crippen LogP contribution in [0.25, 0.3) is 0 Å². The number of rotatable bonds is 8. The molecule has 0 aliphatic carbocycles. The summed E-state index contributed by atoms with van der Waals surface area (Å²) in [4.78, 5) is 35.2. The van der Waals surface area contributed by atoms with Crippen LogP contribution in [0.15, 0.2) is 0 Å². The molecule has 1 rings (SSSR count). The Bertz CT molecular complexity index is 351. The van der Waals surface area contributed by atoms with E-state index in [1.807, 2.05) is 23.9 Å². The van der Waals surface area contributed by atoms with Gasteiger partial charge < -0.3 is 24.7 Å². The van der Waals surface area contributed by atoms with Gasteiger partial charge in [-0.3, -0.25) is 19.3 Å². The summed E-state index contributed by atoms with van der Waals surface area (Å²) in [5.41, 5.74) is 0. The molecule has 1 heterocycles. The van der Waals surface area contributed by atoms with Crippen LogP contribution in [0.5, 0.6) is 0 Å². The third kappa shape index (κ3) is 14.3. The molecule has 148 valence electrons. The minimum absolute atomic E-state index is 0.202. The van der Waals surface area contributed by atoms with Gasteiger partial charge in [-0.2, -0.15) is 0 Å². The van der Waals surface area contributed by atoms with Crippen LogP contribution < -0.4 is 0 Å². The SMILES string of the molecule is CCN1CCC(CN(C)C(=O)CN(C)CCOC)C1.O=CO.O=CO. The minimum atomic E-state index is -0.250. The van der Waals surface area contributed by atoms with Crippen LogP contribution >= 0.6 is 0 Å². The van der Waals surface area contributed by atoms with Gasteiger partial charge in [0, 0.05) is 33.8 Å². The maximum Gasteiger partial charge on any atom is 0.290 e. The molecule has 1 amide bonds. The van der Waals surface area contributed by atoms with Crippen molar-refractivity contribution in [2.45, 2.75) is 13.3 Å². The summed E-state index contributed by atoms with van der Waals surface area (Å²) in [5.74, 6) is 0.840. The molecule has 0 aromatic rings. The highest BCUT2D eigenvalue weighted by atomic mass is 16.5. The molecule has 1 aliphatic rings. The molecule has 25 heavy (non-hydrogen) atoms. The first-order valence-corrected chi connectivity index (χ1v) is 8.19. The van der Waals surface area contributed by atoms with Crippen molar-refractivity contribution in [2.75, 3.05) is 67.1 Å². The number of hydrogen-bond acceptors (Lipinski definition) is 6. The van der Waals surface area contributed by atoms with Gasteiger partial charge in [0.15, 0.2) is 0 Å². The standard InChI is InChI=1S/C14H29N3O2.2CH2O2/c1-5-17-7-6-13(11-17)10-16(3)14(18)12-15(2)8-9-19-4;2*2-1-3/h13H,5-12H2,1-4H3;2*1H,(H,2,3). The Morgan fingerprint density at radius 3 is 2.28 bits per heavy atom. The first kappa shape index (κ1) is 25.5. The Labute approximate surface area is 150 Å². The van der Waals surface area contributed by atoms with E-state index in [-0.39, 0.29) is 18.9 Å². The van der Waals surface area contributed by atoms with Crippen LogP contribution in [0.1, 0.15) is 13.3 Å². The first-order valence-electron chi connectivity index (χ1n) is 8.19. The van der Waals surface area contributed by atoms with Gasteiger partial charge in [0.25, 0.3) is 12.9 Å². The zero-order valence-electron chi connectivity index (χ0n) is 15.8. The van der Waals surface area contributed by atoms with E-state index < -0.39 is 0 Å². The van der Waals surface area contributed by atoms with E-state index in [9.17, 15) is 4.79 Å². The highest BCUT2D eigenvalue weighted by Crippen LogP contribution is 2.16. The number of ether oxygens (including phenoxy) is 1. The van der Waals surface area contributed by atoms with E-state index in [1.54, 1.807) is 7.11 Å². The van der Waals surface area contributed by atoms with Crippen LogP contribution in [-0.4, -0.2) is 111 Å². The Balaban J connectivity index is 0. The fourth-order valence-corrected chi connectivity index (χ4v) is 2.52. The van der Waals surface area contributed by atoms with Gasteiger partial charge >= 0.3 is 0 Å². The van der Waals surface area contributed by atoms with E-state index >= 15 is 0 Å². The lowest BCUT2D eigenvalue weighted by atomic mass is 10.1. The lowest BCUT2D eigenvalue weighted by molar-refractivity contribution is -0.131. The quantitative estimate of drug-likeness (QED) is 0.569. The lowest BCUT2D eigenvalue weighted by Gasteiger charge is -2.24. The molecule has 0 spiro atoms. The van der Waals surface area contributed by atoms with E-state index in [0.29, 0.717) is 19.1 Å². The third-order valence-corrected chi connectivity index (χ3v) is 3.86. The number of carbonyl (C=O) groups excluding carboxylic acids is 1. The number of likely N-dealkylation sites (N-methyl/N-ethyl adjacent to an activating group) is 2.